The lowest BCUT2D eigenvalue weighted by molar-refractivity contribution is -0.170. The summed E-state index contributed by atoms with van der Waals surface area (Å²) in [7, 11) is 3.81. The highest BCUT2D eigenvalue weighted by molar-refractivity contribution is 5.97. The van der Waals surface area contributed by atoms with Crippen molar-refractivity contribution in [1.29, 1.82) is 0 Å². The van der Waals surface area contributed by atoms with Gasteiger partial charge in [0, 0.05) is 7.11 Å². The van der Waals surface area contributed by atoms with Crippen LogP contribution in [-0.2, 0) is 28.5 Å². The third kappa shape index (κ3) is 4.20. The Bertz CT molecular complexity index is 174. The predicted molar refractivity (Wildman–Crippen MR) is 45.6 cm³/mol. The summed E-state index contributed by atoms with van der Waals surface area (Å²) in [6.45, 7) is 0.399. The molecule has 14 heavy (non-hydrogen) atoms. The van der Waals surface area contributed by atoms with Gasteiger partial charge in [0.05, 0.1) is 27.4 Å². The number of esters is 2. The van der Waals surface area contributed by atoms with Gasteiger partial charge in [-0.2, -0.15) is 0 Å². The quantitative estimate of drug-likeness (QED) is 0.327. The molecule has 0 aliphatic carbocycles. The number of carbonyl (C=O) groups is 2. The topological polar surface area (TPSA) is 71.1 Å². The molecule has 0 aliphatic heterocycles. The molecule has 0 unspecified atom stereocenters. The smallest absolute Gasteiger partial charge is 0.346 e. The number of hydrogen-bond acceptors (Lipinski definition) is 6. The van der Waals surface area contributed by atoms with Crippen LogP contribution in [-0.4, -0.2) is 52.6 Å². The van der Waals surface area contributed by atoms with Crippen LogP contribution in [0.2, 0.25) is 0 Å². The summed E-state index contributed by atoms with van der Waals surface area (Å²) in [5.74, 6) is -1.57. The van der Waals surface area contributed by atoms with Gasteiger partial charge in [0.1, 0.15) is 0 Å². The van der Waals surface area contributed by atoms with Crippen molar-refractivity contribution in [2.24, 2.45) is 0 Å². The van der Waals surface area contributed by atoms with E-state index in [9.17, 15) is 9.59 Å². The Morgan fingerprint density at radius 2 is 1.50 bits per heavy atom. The summed E-state index contributed by atoms with van der Waals surface area (Å²) in [6.07, 6.45) is -1.33. The van der Waals surface area contributed by atoms with Gasteiger partial charge in [-0.05, 0) is 0 Å². The van der Waals surface area contributed by atoms with Crippen molar-refractivity contribution in [3.63, 3.8) is 0 Å². The highest BCUT2D eigenvalue weighted by Crippen LogP contribution is 1.98. The van der Waals surface area contributed by atoms with Gasteiger partial charge in [-0.15, -0.1) is 0 Å². The van der Waals surface area contributed by atoms with Crippen LogP contribution >= 0.6 is 0 Å². The summed E-state index contributed by atoms with van der Waals surface area (Å²) in [4.78, 5) is 22.0. The molecule has 6 heteroatoms. The van der Waals surface area contributed by atoms with Crippen LogP contribution in [0.25, 0.3) is 0 Å². The fourth-order valence-corrected chi connectivity index (χ4v) is 0.696. The Balaban J connectivity index is 4.11. The molecule has 6 nitrogen and oxygen atoms in total. The molecule has 0 heterocycles. The molecule has 0 aliphatic rings. The molecule has 0 spiro atoms. The largest absolute Gasteiger partial charge is 0.467 e. The number of rotatable bonds is 6. The molecule has 0 saturated heterocycles. The van der Waals surface area contributed by atoms with E-state index in [-0.39, 0.29) is 13.2 Å². The van der Waals surface area contributed by atoms with Crippen LogP contribution in [0, 0.1) is 0 Å². The second-order valence-corrected chi connectivity index (χ2v) is 2.29. The normalized spacial score (nSPS) is 10.0. The monoisotopic (exact) mass is 206 g/mol. The Morgan fingerprint density at radius 1 is 1.00 bits per heavy atom. The van der Waals surface area contributed by atoms with Crippen LogP contribution in [0.4, 0.5) is 0 Å². The highest BCUT2D eigenvalue weighted by Gasteiger charge is 2.29. The maximum Gasteiger partial charge on any atom is 0.346 e. The van der Waals surface area contributed by atoms with Gasteiger partial charge in [-0.1, -0.05) is 0 Å². The first-order valence-corrected chi connectivity index (χ1v) is 3.93. The lowest BCUT2D eigenvalue weighted by Crippen LogP contribution is -2.35. The van der Waals surface area contributed by atoms with E-state index in [0.717, 1.165) is 14.2 Å². The standard InChI is InChI=1S/C8H14O6/c1-11-4-5-14-6(7(9)12-2)8(10)13-3/h6H,4-5H2,1-3H3. The van der Waals surface area contributed by atoms with E-state index < -0.39 is 18.0 Å². The molecule has 0 bridgehead atoms. The van der Waals surface area contributed by atoms with Gasteiger partial charge in [0.2, 0.25) is 0 Å². The molecular formula is C8H14O6. The van der Waals surface area contributed by atoms with E-state index in [1.165, 1.54) is 7.11 Å². The van der Waals surface area contributed by atoms with E-state index in [2.05, 4.69) is 14.2 Å². The fraction of sp³-hybridized carbons (Fsp3) is 0.750. The minimum atomic E-state index is -1.33. The molecule has 0 saturated carbocycles. The molecule has 82 valence electrons. The van der Waals surface area contributed by atoms with Crippen molar-refractivity contribution in [2.45, 2.75) is 6.10 Å². The van der Waals surface area contributed by atoms with E-state index in [1.807, 2.05) is 0 Å². The lowest BCUT2D eigenvalue weighted by Gasteiger charge is -2.12. The van der Waals surface area contributed by atoms with E-state index >= 15 is 0 Å². The van der Waals surface area contributed by atoms with E-state index in [1.54, 1.807) is 0 Å². The van der Waals surface area contributed by atoms with Crippen molar-refractivity contribution in [3.8, 4) is 0 Å². The molecule has 0 amide bonds. The lowest BCUT2D eigenvalue weighted by atomic mass is 10.3. The van der Waals surface area contributed by atoms with Crippen LogP contribution in [0.1, 0.15) is 0 Å². The molecule has 0 N–H and O–H groups in total. The Morgan fingerprint density at radius 3 is 1.86 bits per heavy atom. The maximum atomic E-state index is 11.0. The molecule has 0 atom stereocenters. The molecular weight excluding hydrogens is 192 g/mol. The van der Waals surface area contributed by atoms with Gasteiger partial charge in [-0.25, -0.2) is 9.59 Å². The number of hydrogen-bond donors (Lipinski definition) is 0. The Labute approximate surface area is 82.1 Å². The van der Waals surface area contributed by atoms with Crippen molar-refractivity contribution in [2.75, 3.05) is 34.5 Å². The summed E-state index contributed by atoms with van der Waals surface area (Å²) < 4.78 is 18.3. The molecule has 0 radical (unpaired) electrons. The van der Waals surface area contributed by atoms with Crippen molar-refractivity contribution < 1.29 is 28.5 Å². The van der Waals surface area contributed by atoms with Gasteiger partial charge < -0.3 is 18.9 Å². The van der Waals surface area contributed by atoms with Gasteiger partial charge in [-0.3, -0.25) is 0 Å². The summed E-state index contributed by atoms with van der Waals surface area (Å²) in [5, 5.41) is 0. The van der Waals surface area contributed by atoms with Crippen molar-refractivity contribution >= 4 is 11.9 Å². The predicted octanol–water partition coefficient (Wildman–Crippen LogP) is -0.636. The van der Waals surface area contributed by atoms with Crippen LogP contribution < -0.4 is 0 Å². The van der Waals surface area contributed by atoms with Crippen LogP contribution in [0.5, 0.6) is 0 Å². The van der Waals surface area contributed by atoms with E-state index in [0.29, 0.717) is 0 Å². The fourth-order valence-electron chi connectivity index (χ4n) is 0.696. The Hall–Kier alpha value is -1.14. The summed E-state index contributed by atoms with van der Waals surface area (Å²) in [5.41, 5.74) is 0. The SMILES string of the molecule is COCCOC(C(=O)OC)C(=O)OC. The zero-order valence-electron chi connectivity index (χ0n) is 8.44. The molecule has 0 aromatic rings. The third-order valence-electron chi connectivity index (χ3n) is 1.40. The minimum Gasteiger partial charge on any atom is -0.467 e. The molecule has 0 rings (SSSR count). The van der Waals surface area contributed by atoms with Crippen LogP contribution in [0.15, 0.2) is 0 Å². The Kier molecular flexibility index (Phi) is 6.69. The van der Waals surface area contributed by atoms with Crippen molar-refractivity contribution in [1.82, 2.24) is 0 Å². The second kappa shape index (κ2) is 7.28. The molecule has 0 aromatic heterocycles. The molecule has 0 aromatic carbocycles. The number of methoxy groups -OCH3 is 3. The highest BCUT2D eigenvalue weighted by atomic mass is 16.6. The van der Waals surface area contributed by atoms with Crippen LogP contribution in [0.3, 0.4) is 0 Å². The maximum absolute atomic E-state index is 11.0. The van der Waals surface area contributed by atoms with Crippen molar-refractivity contribution in [3.05, 3.63) is 0 Å². The van der Waals surface area contributed by atoms with E-state index in [4.69, 9.17) is 4.74 Å². The minimum absolute atomic E-state index is 0.116. The summed E-state index contributed by atoms with van der Waals surface area (Å²) in [6, 6.07) is 0. The molecule has 0 fully saturated rings. The average Bonchev–Trinajstić information content (AvgIpc) is 2.22. The third-order valence-corrected chi connectivity index (χ3v) is 1.40. The number of ether oxygens (including phenoxy) is 4. The zero-order valence-corrected chi connectivity index (χ0v) is 8.44. The first-order valence-electron chi connectivity index (χ1n) is 3.93. The number of carbonyl (C=O) groups excluding carboxylic acids is 2. The zero-order chi connectivity index (χ0) is 11.0. The van der Waals surface area contributed by atoms with Gasteiger partial charge in [0.25, 0.3) is 6.10 Å². The second-order valence-electron chi connectivity index (χ2n) is 2.29. The van der Waals surface area contributed by atoms with Gasteiger partial charge in [0.15, 0.2) is 0 Å². The first-order chi connectivity index (χ1) is 6.67. The first kappa shape index (κ1) is 12.9. The van der Waals surface area contributed by atoms with Gasteiger partial charge >= 0.3 is 11.9 Å². The summed E-state index contributed by atoms with van der Waals surface area (Å²) >= 11 is 0. The average molecular weight is 206 g/mol.